The topological polar surface area (TPSA) is 17.1 Å². The Balaban J connectivity index is -0.00000000500. The molecule has 0 bridgehead atoms. The fraction of sp³-hybridized carbons (Fsp3) is 0. The van der Waals surface area contributed by atoms with Gasteiger partial charge >= 0.3 is 19.8 Å². The summed E-state index contributed by atoms with van der Waals surface area (Å²) in [6.45, 7) is 0. The Bertz CT molecular complexity index is 8.00. The maximum absolute atomic E-state index is 7.81. The van der Waals surface area contributed by atoms with Crippen LogP contribution in [0.25, 0.3) is 0 Å². The van der Waals surface area contributed by atoms with Crippen LogP contribution in [0.2, 0.25) is 0 Å². The molecule has 0 radical (unpaired) electrons. The Labute approximate surface area is 44.9 Å². The number of hydrogen-bond donors (Lipinski definition) is 0. The van der Waals surface area contributed by atoms with Crippen LogP contribution >= 0.6 is 0 Å². The molecule has 0 fully saturated rings. The third-order valence-corrected chi connectivity index (χ3v) is 0. The van der Waals surface area contributed by atoms with Crippen molar-refractivity contribution in [1.82, 2.24) is 0 Å². The molecule has 31 valence electrons. The molecular formula is CH6AlCuO-. The van der Waals surface area contributed by atoms with E-state index in [0.717, 1.165) is 0 Å². The van der Waals surface area contributed by atoms with E-state index in [2.05, 4.69) is 15.9 Å². The van der Waals surface area contributed by atoms with Crippen molar-refractivity contribution in [3.8, 4) is 0 Å². The van der Waals surface area contributed by atoms with Crippen molar-refractivity contribution in [3.63, 3.8) is 0 Å². The summed E-state index contributed by atoms with van der Waals surface area (Å²) in [7, 11) is 0. The van der Waals surface area contributed by atoms with Gasteiger partial charge in [0.2, 0.25) is 0 Å². The second-order valence-corrected chi connectivity index (χ2v) is 0. The monoisotopic (exact) mass is 124 g/mol. The van der Waals surface area contributed by atoms with Gasteiger partial charge in [0.05, 0.1) is 0 Å². The predicted octanol–water partition coefficient (Wildman–Crippen LogP) is -0.855. The SMILES string of the molecule is [AlH3].[CH3-].[O]=[Cu]. The molecule has 0 aliphatic rings. The number of hydrogen-bond acceptors (Lipinski definition) is 1. The van der Waals surface area contributed by atoms with E-state index in [1.807, 2.05) is 0 Å². The summed E-state index contributed by atoms with van der Waals surface area (Å²) >= 11 is 2.94. The number of rotatable bonds is 0. The third kappa shape index (κ3) is 13.5. The van der Waals surface area contributed by atoms with Crippen molar-refractivity contribution in [2.45, 2.75) is 0 Å². The van der Waals surface area contributed by atoms with E-state index < -0.39 is 0 Å². The molecule has 0 spiro atoms. The van der Waals surface area contributed by atoms with Gasteiger partial charge in [0.1, 0.15) is 0 Å². The molecule has 0 saturated carbocycles. The van der Waals surface area contributed by atoms with Crippen molar-refractivity contribution in [1.29, 1.82) is 0 Å². The van der Waals surface area contributed by atoms with Crippen molar-refractivity contribution in [2.24, 2.45) is 0 Å². The minimum absolute atomic E-state index is 0. The van der Waals surface area contributed by atoms with Crippen LogP contribution in [0.15, 0.2) is 0 Å². The van der Waals surface area contributed by atoms with Crippen LogP contribution in [0.5, 0.6) is 0 Å². The quantitative estimate of drug-likeness (QED) is 0.304. The minimum atomic E-state index is 0. The van der Waals surface area contributed by atoms with Gasteiger partial charge in [-0.15, -0.1) is 0 Å². The molecule has 0 rings (SSSR count). The van der Waals surface area contributed by atoms with Crippen LogP contribution in [-0.2, 0) is 19.8 Å². The van der Waals surface area contributed by atoms with E-state index in [4.69, 9.17) is 3.83 Å². The molecule has 3 heteroatoms. The van der Waals surface area contributed by atoms with Crippen LogP contribution in [0.3, 0.4) is 0 Å². The summed E-state index contributed by atoms with van der Waals surface area (Å²) in [6, 6.07) is 0. The molecule has 0 amide bonds. The average molecular weight is 125 g/mol. The standard InChI is InChI=1S/CH3.Al.Cu.O.3H/h1H3;;;;;;/q-1;;;;;;. The Morgan fingerprint density at radius 2 is 1.25 bits per heavy atom. The summed E-state index contributed by atoms with van der Waals surface area (Å²) in [4.78, 5) is 0. The zero-order valence-electron chi connectivity index (χ0n) is 1.71. The van der Waals surface area contributed by atoms with Gasteiger partial charge in [-0.2, -0.15) is 0 Å². The molecule has 0 aromatic heterocycles. The molecule has 1 nitrogen and oxygen atoms in total. The fourth-order valence-electron chi connectivity index (χ4n) is 0. The molecule has 0 unspecified atom stereocenters. The van der Waals surface area contributed by atoms with Gasteiger partial charge in [-0.1, -0.05) is 0 Å². The van der Waals surface area contributed by atoms with E-state index in [1.54, 1.807) is 0 Å². The van der Waals surface area contributed by atoms with Crippen molar-refractivity contribution in [3.05, 3.63) is 7.43 Å². The van der Waals surface area contributed by atoms with Crippen LogP contribution in [0.4, 0.5) is 0 Å². The van der Waals surface area contributed by atoms with Crippen molar-refractivity contribution < 1.29 is 19.8 Å². The van der Waals surface area contributed by atoms with Crippen LogP contribution < -0.4 is 0 Å². The van der Waals surface area contributed by atoms with Crippen LogP contribution in [-0.4, -0.2) is 17.4 Å². The third-order valence-electron chi connectivity index (χ3n) is 0. The first-order valence-corrected chi connectivity index (χ1v) is 0.508. The molecular weight excluding hydrogens is 119 g/mol. The first-order chi connectivity index (χ1) is 1.00. The Morgan fingerprint density at radius 1 is 1.25 bits per heavy atom. The van der Waals surface area contributed by atoms with E-state index in [1.165, 1.54) is 0 Å². The van der Waals surface area contributed by atoms with Gasteiger partial charge in [0, 0.05) is 0 Å². The molecule has 0 aromatic rings. The molecule has 0 N–H and O–H groups in total. The molecule has 0 aromatic carbocycles. The molecule has 0 saturated heterocycles. The Kier molecular flexibility index (Phi) is 227. The molecule has 0 aliphatic carbocycles. The van der Waals surface area contributed by atoms with E-state index in [-0.39, 0.29) is 24.8 Å². The van der Waals surface area contributed by atoms with E-state index >= 15 is 0 Å². The first kappa shape index (κ1) is 21.0. The van der Waals surface area contributed by atoms with Gasteiger partial charge < -0.3 is 7.43 Å². The van der Waals surface area contributed by atoms with E-state index in [0.29, 0.717) is 0 Å². The molecule has 0 atom stereocenters. The maximum atomic E-state index is 7.81. The van der Waals surface area contributed by atoms with Gasteiger partial charge in [0.15, 0.2) is 17.4 Å². The summed E-state index contributed by atoms with van der Waals surface area (Å²) in [5.41, 5.74) is 0. The van der Waals surface area contributed by atoms with Gasteiger partial charge in [-0.25, -0.2) is 0 Å². The van der Waals surface area contributed by atoms with Gasteiger partial charge in [-0.05, 0) is 0 Å². The first-order valence-electron chi connectivity index (χ1n) is 0.123. The summed E-state index contributed by atoms with van der Waals surface area (Å²) < 4.78 is 7.81. The second-order valence-electron chi connectivity index (χ2n) is 0. The van der Waals surface area contributed by atoms with Crippen molar-refractivity contribution >= 4 is 17.4 Å². The summed E-state index contributed by atoms with van der Waals surface area (Å²) in [6.07, 6.45) is 0. The fourth-order valence-corrected chi connectivity index (χ4v) is 0. The summed E-state index contributed by atoms with van der Waals surface area (Å²) in [5, 5.41) is 0. The molecule has 4 heavy (non-hydrogen) atoms. The van der Waals surface area contributed by atoms with E-state index in [9.17, 15) is 0 Å². The van der Waals surface area contributed by atoms with Crippen molar-refractivity contribution in [2.75, 3.05) is 0 Å². The molecule has 0 heterocycles. The van der Waals surface area contributed by atoms with Gasteiger partial charge in [0.25, 0.3) is 0 Å². The Hall–Kier alpha value is 0.852. The zero-order chi connectivity index (χ0) is 2.00. The second kappa shape index (κ2) is 43.2. The van der Waals surface area contributed by atoms with Crippen LogP contribution in [0.1, 0.15) is 0 Å². The average Bonchev–Trinajstić information content (AvgIpc) is 1.00. The Morgan fingerprint density at radius 3 is 1.25 bits per heavy atom. The van der Waals surface area contributed by atoms with Crippen LogP contribution in [0, 0.1) is 7.43 Å². The normalized spacial score (nSPS) is 1.50. The van der Waals surface area contributed by atoms with Gasteiger partial charge in [-0.3, -0.25) is 0 Å². The summed E-state index contributed by atoms with van der Waals surface area (Å²) in [5.74, 6) is 0. The molecule has 0 aliphatic heterocycles. The predicted molar refractivity (Wildman–Crippen MR) is 17.0 cm³/mol. The zero-order valence-corrected chi connectivity index (χ0v) is 2.65.